The first kappa shape index (κ1) is 15.8. The lowest BCUT2D eigenvalue weighted by atomic mass is 9.90. The summed E-state index contributed by atoms with van der Waals surface area (Å²) in [7, 11) is 0. The molecule has 1 amide bonds. The number of hydrogen-bond donors (Lipinski definition) is 3. The Labute approximate surface area is 122 Å². The quantitative estimate of drug-likeness (QED) is 0.743. The molecule has 0 saturated heterocycles. The van der Waals surface area contributed by atoms with Crippen LogP contribution in [0.3, 0.4) is 0 Å². The van der Waals surface area contributed by atoms with Gasteiger partial charge in [-0.2, -0.15) is 0 Å². The second-order valence-electron chi connectivity index (χ2n) is 5.77. The van der Waals surface area contributed by atoms with E-state index in [2.05, 4.69) is 42.0 Å². The average molecular weight is 330 g/mol. The molecule has 0 heterocycles. The summed E-state index contributed by atoms with van der Waals surface area (Å²) in [6, 6.07) is 3.91. The maximum Gasteiger partial charge on any atom is 0.255 e. The van der Waals surface area contributed by atoms with Gasteiger partial charge in [-0.3, -0.25) is 4.79 Å². The van der Waals surface area contributed by atoms with Crippen molar-refractivity contribution >= 4 is 21.8 Å². The summed E-state index contributed by atoms with van der Waals surface area (Å²) in [6.07, 6.45) is 0.925. The molecule has 19 heavy (non-hydrogen) atoms. The fraction of sp³-hybridized carbons (Fsp3) is 0.500. The third-order valence-electron chi connectivity index (χ3n) is 2.54. The van der Waals surface area contributed by atoms with Crippen LogP contribution >= 0.6 is 15.9 Å². The van der Waals surface area contributed by atoms with Crippen LogP contribution in [0.15, 0.2) is 18.2 Å². The number of nitrogens with one attached hydrogen (secondary N) is 1. The maximum absolute atomic E-state index is 11.9. The minimum Gasteiger partial charge on any atom is -0.508 e. The highest BCUT2D eigenvalue weighted by atomic mass is 79.9. The zero-order chi connectivity index (χ0) is 14.6. The zero-order valence-electron chi connectivity index (χ0n) is 11.4. The van der Waals surface area contributed by atoms with Gasteiger partial charge in [0.05, 0.1) is 5.56 Å². The fourth-order valence-corrected chi connectivity index (χ4v) is 2.88. The minimum absolute atomic E-state index is 0.0693. The molecule has 0 spiro atoms. The van der Waals surface area contributed by atoms with E-state index in [-0.39, 0.29) is 33.2 Å². The molecular formula is C14H20BrNO3. The van der Waals surface area contributed by atoms with E-state index in [0.29, 0.717) is 6.54 Å². The van der Waals surface area contributed by atoms with Gasteiger partial charge in [0, 0.05) is 17.4 Å². The van der Waals surface area contributed by atoms with Gasteiger partial charge in [-0.15, -0.1) is 0 Å². The zero-order valence-corrected chi connectivity index (χ0v) is 13.0. The highest BCUT2D eigenvalue weighted by molar-refractivity contribution is 9.09. The molecule has 0 bridgehead atoms. The Morgan fingerprint density at radius 3 is 2.53 bits per heavy atom. The summed E-state index contributed by atoms with van der Waals surface area (Å²) in [5, 5.41) is 21.5. The number of rotatable bonds is 4. The molecule has 1 aromatic carbocycles. The first-order valence-corrected chi connectivity index (χ1v) is 7.05. The Hall–Kier alpha value is -1.23. The molecule has 5 heteroatoms. The van der Waals surface area contributed by atoms with Crippen molar-refractivity contribution in [3.05, 3.63) is 23.8 Å². The van der Waals surface area contributed by atoms with E-state index in [0.717, 1.165) is 12.5 Å². The minimum atomic E-state index is -0.351. The number of amides is 1. The number of phenols is 2. The number of phenolic OH excluding ortho intramolecular Hbond substituents is 2. The van der Waals surface area contributed by atoms with Gasteiger partial charge >= 0.3 is 0 Å². The van der Waals surface area contributed by atoms with Crippen LogP contribution in [-0.2, 0) is 0 Å². The van der Waals surface area contributed by atoms with Crippen LogP contribution in [0.1, 0.15) is 37.6 Å². The third-order valence-corrected chi connectivity index (χ3v) is 3.19. The van der Waals surface area contributed by atoms with Crippen molar-refractivity contribution in [1.29, 1.82) is 0 Å². The lowest BCUT2D eigenvalue weighted by Gasteiger charge is -2.22. The van der Waals surface area contributed by atoms with Crippen LogP contribution in [0, 0.1) is 5.41 Å². The number of benzene rings is 1. The van der Waals surface area contributed by atoms with Crippen molar-refractivity contribution in [2.24, 2.45) is 5.41 Å². The molecule has 0 aliphatic rings. The third kappa shape index (κ3) is 5.51. The summed E-state index contributed by atoms with van der Waals surface area (Å²) in [4.78, 5) is 12.0. The van der Waals surface area contributed by atoms with Crippen molar-refractivity contribution in [2.75, 3.05) is 6.54 Å². The smallest absolute Gasteiger partial charge is 0.255 e. The molecule has 3 N–H and O–H groups in total. The molecule has 4 nitrogen and oxygen atoms in total. The molecule has 1 atom stereocenters. The fourth-order valence-electron chi connectivity index (χ4n) is 1.75. The van der Waals surface area contributed by atoms with Gasteiger partial charge in [-0.1, -0.05) is 36.7 Å². The molecule has 0 aliphatic heterocycles. The Bertz CT molecular complexity index is 454. The molecule has 0 aromatic heterocycles. The monoisotopic (exact) mass is 329 g/mol. The summed E-state index contributed by atoms with van der Waals surface area (Å²) in [5.41, 5.74) is 0.341. The van der Waals surface area contributed by atoms with Gasteiger partial charge in [-0.05, 0) is 24.0 Å². The summed E-state index contributed by atoms with van der Waals surface area (Å²) in [6.45, 7) is 6.88. The van der Waals surface area contributed by atoms with Gasteiger partial charge < -0.3 is 15.5 Å². The summed E-state index contributed by atoms with van der Waals surface area (Å²) < 4.78 is 0. The highest BCUT2D eigenvalue weighted by Crippen LogP contribution is 2.25. The normalized spacial score (nSPS) is 13.1. The van der Waals surface area contributed by atoms with E-state index in [1.54, 1.807) is 0 Å². The predicted octanol–water partition coefficient (Wildman–Crippen LogP) is 3.03. The average Bonchev–Trinajstić information content (AvgIpc) is 2.23. The predicted molar refractivity (Wildman–Crippen MR) is 78.9 cm³/mol. The van der Waals surface area contributed by atoms with Crippen molar-refractivity contribution in [3.8, 4) is 11.5 Å². The van der Waals surface area contributed by atoms with Crippen LogP contribution in [-0.4, -0.2) is 27.5 Å². The van der Waals surface area contributed by atoms with Gasteiger partial charge in [0.25, 0.3) is 5.91 Å². The second kappa shape index (κ2) is 6.28. The Balaban J connectivity index is 2.56. The van der Waals surface area contributed by atoms with E-state index in [4.69, 9.17) is 5.11 Å². The first-order valence-electron chi connectivity index (χ1n) is 6.13. The topological polar surface area (TPSA) is 69.6 Å². The number of alkyl halides is 1. The van der Waals surface area contributed by atoms with Crippen LogP contribution in [0.5, 0.6) is 11.5 Å². The summed E-state index contributed by atoms with van der Waals surface area (Å²) in [5.74, 6) is -0.643. The first-order chi connectivity index (χ1) is 8.69. The van der Waals surface area contributed by atoms with Crippen molar-refractivity contribution < 1.29 is 15.0 Å². The number of hydrogen-bond acceptors (Lipinski definition) is 3. The Kier molecular flexibility index (Phi) is 5.23. The number of halogens is 1. The van der Waals surface area contributed by atoms with E-state index >= 15 is 0 Å². The molecule has 1 aromatic rings. The molecule has 0 fully saturated rings. The van der Waals surface area contributed by atoms with E-state index in [1.165, 1.54) is 12.1 Å². The highest BCUT2D eigenvalue weighted by Gasteiger charge is 2.18. The SMILES string of the molecule is CC(C)(C)CC(Br)CNC(=O)c1ccc(O)cc1O. The van der Waals surface area contributed by atoms with Crippen molar-refractivity contribution in [3.63, 3.8) is 0 Å². The standard InChI is InChI=1S/C14H20BrNO3/c1-14(2,3)7-9(15)8-16-13(19)11-5-4-10(17)6-12(11)18/h4-6,9,17-18H,7-8H2,1-3H3,(H,16,19). The molecular weight excluding hydrogens is 310 g/mol. The van der Waals surface area contributed by atoms with Gasteiger partial charge in [0.15, 0.2) is 0 Å². The molecule has 1 rings (SSSR count). The van der Waals surface area contributed by atoms with Gasteiger partial charge in [0.1, 0.15) is 11.5 Å². The number of carbonyl (C=O) groups excluding carboxylic acids is 1. The van der Waals surface area contributed by atoms with Gasteiger partial charge in [-0.25, -0.2) is 0 Å². The van der Waals surface area contributed by atoms with Crippen molar-refractivity contribution in [2.45, 2.75) is 32.0 Å². The van der Waals surface area contributed by atoms with Crippen LogP contribution in [0.4, 0.5) is 0 Å². The van der Waals surface area contributed by atoms with Crippen molar-refractivity contribution in [1.82, 2.24) is 5.32 Å². The Morgan fingerprint density at radius 2 is 2.00 bits per heavy atom. The van der Waals surface area contributed by atoms with Crippen LogP contribution in [0.25, 0.3) is 0 Å². The molecule has 1 unspecified atom stereocenters. The number of aromatic hydroxyl groups is 2. The lowest BCUT2D eigenvalue weighted by Crippen LogP contribution is -2.31. The van der Waals surface area contributed by atoms with E-state index < -0.39 is 0 Å². The van der Waals surface area contributed by atoms with E-state index in [1.807, 2.05) is 0 Å². The van der Waals surface area contributed by atoms with Crippen LogP contribution in [0.2, 0.25) is 0 Å². The van der Waals surface area contributed by atoms with Gasteiger partial charge in [0.2, 0.25) is 0 Å². The van der Waals surface area contributed by atoms with E-state index in [9.17, 15) is 9.90 Å². The molecule has 106 valence electrons. The number of carbonyl (C=O) groups is 1. The second-order valence-corrected chi connectivity index (χ2v) is 7.07. The lowest BCUT2D eigenvalue weighted by molar-refractivity contribution is 0.0950. The molecule has 0 radical (unpaired) electrons. The summed E-state index contributed by atoms with van der Waals surface area (Å²) >= 11 is 3.53. The molecule has 0 aliphatic carbocycles. The maximum atomic E-state index is 11.9. The Morgan fingerprint density at radius 1 is 1.37 bits per heavy atom. The van der Waals surface area contributed by atoms with Crippen LogP contribution < -0.4 is 5.32 Å². The molecule has 0 saturated carbocycles. The largest absolute Gasteiger partial charge is 0.508 e.